The Morgan fingerprint density at radius 3 is 2.63 bits per heavy atom. The topological polar surface area (TPSA) is 105 Å². The summed E-state index contributed by atoms with van der Waals surface area (Å²) in [5.74, 6) is -0.435. The van der Waals surface area contributed by atoms with Crippen LogP contribution in [0.3, 0.4) is 0 Å². The Morgan fingerprint density at radius 1 is 1.27 bits per heavy atom. The molecule has 2 aliphatic rings. The van der Waals surface area contributed by atoms with Crippen LogP contribution in [0.1, 0.15) is 31.9 Å². The molecule has 1 aromatic rings. The Bertz CT molecular complexity index is 998. The summed E-state index contributed by atoms with van der Waals surface area (Å²) in [7, 11) is -3.14. The van der Waals surface area contributed by atoms with E-state index in [1.807, 2.05) is 36.9 Å². The Labute approximate surface area is 181 Å². The van der Waals surface area contributed by atoms with E-state index in [9.17, 15) is 18.0 Å². The molecule has 0 bridgehead atoms. The third-order valence-electron chi connectivity index (χ3n) is 4.69. The van der Waals surface area contributed by atoms with Crippen molar-refractivity contribution in [1.82, 2.24) is 5.32 Å². The Kier molecular flexibility index (Phi) is 6.20. The number of fused-ring (bicyclic) bond motifs is 1. The first kappa shape index (κ1) is 22.6. The molecule has 1 aromatic carbocycles. The van der Waals surface area contributed by atoms with Crippen LogP contribution >= 0.6 is 11.8 Å². The molecule has 2 fully saturated rings. The second-order valence-corrected chi connectivity index (χ2v) is 12.0. The van der Waals surface area contributed by atoms with Gasteiger partial charge in [-0.25, -0.2) is 13.2 Å². The Morgan fingerprint density at radius 2 is 1.97 bits per heavy atom. The summed E-state index contributed by atoms with van der Waals surface area (Å²) in [5, 5.41) is 2.69. The number of aliphatic imine (C=N–C) groups is 1. The molecule has 8 nitrogen and oxygen atoms in total. The Hall–Kier alpha value is -2.07. The molecule has 0 aromatic heterocycles. The molecule has 2 saturated heterocycles. The lowest BCUT2D eigenvalue weighted by Gasteiger charge is -2.26. The summed E-state index contributed by atoms with van der Waals surface area (Å²) in [6.07, 6.45) is -0.690. The average Bonchev–Trinajstić information content (AvgIpc) is 3.04. The highest BCUT2D eigenvalue weighted by molar-refractivity contribution is 8.16. The zero-order chi connectivity index (χ0) is 22.3. The first-order valence-corrected chi connectivity index (χ1v) is 12.4. The number of rotatable bonds is 3. The van der Waals surface area contributed by atoms with Gasteiger partial charge in [-0.2, -0.15) is 4.99 Å². The van der Waals surface area contributed by atoms with Crippen molar-refractivity contribution >= 4 is 44.5 Å². The van der Waals surface area contributed by atoms with E-state index < -0.39 is 27.4 Å². The fourth-order valence-corrected chi connectivity index (χ4v) is 7.36. The third-order valence-corrected chi connectivity index (χ3v) is 7.90. The standard InChI is InChI=1S/C20H27N3O5S2/c1-12-6-7-13(2)14(8-12)23-15-10-30(26,27)11-16(15)29-18(23)22-17(24)9-21-19(25)28-20(3,4)5/h6-8,15-16H,9-11H2,1-5H3,(H,21,25)/t15-,16+/m1/s1. The summed E-state index contributed by atoms with van der Waals surface area (Å²) in [5.41, 5.74) is 2.18. The molecule has 0 radical (unpaired) electrons. The van der Waals surface area contributed by atoms with Gasteiger partial charge in [-0.1, -0.05) is 23.9 Å². The molecule has 164 valence electrons. The predicted octanol–water partition coefficient (Wildman–Crippen LogP) is 2.43. The quantitative estimate of drug-likeness (QED) is 0.749. The second-order valence-electron chi connectivity index (χ2n) is 8.60. The number of nitrogens with one attached hydrogen (secondary N) is 1. The molecule has 30 heavy (non-hydrogen) atoms. The van der Waals surface area contributed by atoms with Crippen LogP contribution in [0.25, 0.3) is 0 Å². The Balaban J connectivity index is 1.83. The lowest BCUT2D eigenvalue weighted by atomic mass is 10.1. The molecule has 0 unspecified atom stereocenters. The number of amidine groups is 1. The molecule has 0 saturated carbocycles. The summed E-state index contributed by atoms with van der Waals surface area (Å²) in [4.78, 5) is 30.3. The lowest BCUT2D eigenvalue weighted by Crippen LogP contribution is -2.39. The number of anilines is 1. The van der Waals surface area contributed by atoms with Crippen molar-refractivity contribution in [3.05, 3.63) is 29.3 Å². The monoisotopic (exact) mass is 453 g/mol. The van der Waals surface area contributed by atoms with E-state index in [1.54, 1.807) is 20.8 Å². The van der Waals surface area contributed by atoms with Crippen molar-refractivity contribution in [2.75, 3.05) is 23.0 Å². The molecule has 10 heteroatoms. The number of thioether (sulfide) groups is 1. The van der Waals surface area contributed by atoms with Gasteiger partial charge < -0.3 is 15.0 Å². The lowest BCUT2D eigenvalue weighted by molar-refractivity contribution is -0.117. The molecule has 2 amide bonds. The number of hydrogen-bond donors (Lipinski definition) is 1. The van der Waals surface area contributed by atoms with Gasteiger partial charge in [-0.3, -0.25) is 4.79 Å². The molecular weight excluding hydrogens is 426 g/mol. The minimum absolute atomic E-state index is 0.0292. The van der Waals surface area contributed by atoms with E-state index in [0.29, 0.717) is 5.17 Å². The first-order chi connectivity index (χ1) is 13.8. The zero-order valence-electron chi connectivity index (χ0n) is 17.8. The van der Waals surface area contributed by atoms with Crippen molar-refractivity contribution in [3.8, 4) is 0 Å². The summed E-state index contributed by atoms with van der Waals surface area (Å²) < 4.78 is 29.5. The third kappa shape index (κ3) is 5.34. The number of hydrogen-bond acceptors (Lipinski definition) is 6. The fourth-order valence-electron chi connectivity index (χ4n) is 3.43. The van der Waals surface area contributed by atoms with Gasteiger partial charge in [0.15, 0.2) is 15.0 Å². The highest BCUT2D eigenvalue weighted by atomic mass is 32.2. The van der Waals surface area contributed by atoms with E-state index in [4.69, 9.17) is 4.74 Å². The van der Waals surface area contributed by atoms with Gasteiger partial charge in [0.2, 0.25) is 0 Å². The summed E-state index contributed by atoms with van der Waals surface area (Å²) in [6.45, 7) is 8.81. The number of carbonyl (C=O) groups excluding carboxylic acids is 2. The molecule has 2 heterocycles. The van der Waals surface area contributed by atoms with Gasteiger partial charge in [0.25, 0.3) is 5.91 Å². The van der Waals surface area contributed by atoms with Crippen molar-refractivity contribution in [3.63, 3.8) is 0 Å². The fraction of sp³-hybridized carbons (Fsp3) is 0.550. The van der Waals surface area contributed by atoms with E-state index in [1.165, 1.54) is 11.8 Å². The van der Waals surface area contributed by atoms with Crippen LogP contribution in [0.15, 0.2) is 23.2 Å². The summed E-state index contributed by atoms with van der Waals surface area (Å²) in [6, 6.07) is 5.65. The molecule has 3 rings (SSSR count). The minimum atomic E-state index is -3.14. The van der Waals surface area contributed by atoms with Crippen molar-refractivity contribution in [2.24, 2.45) is 4.99 Å². The number of amides is 2. The largest absolute Gasteiger partial charge is 0.444 e. The van der Waals surface area contributed by atoms with E-state index in [0.717, 1.165) is 16.8 Å². The van der Waals surface area contributed by atoms with Crippen LogP contribution in [-0.2, 0) is 19.4 Å². The number of alkyl carbamates (subject to hydrolysis) is 1. The number of benzene rings is 1. The number of sulfone groups is 1. The SMILES string of the molecule is Cc1ccc(C)c(N2C(=NC(=O)CNC(=O)OC(C)(C)C)S[C@H]3CS(=O)(=O)C[C@H]32)c1. The molecule has 2 atom stereocenters. The van der Waals surface area contributed by atoms with Crippen molar-refractivity contribution in [2.45, 2.75) is 51.5 Å². The average molecular weight is 454 g/mol. The maximum atomic E-state index is 12.4. The molecular formula is C20H27N3O5S2. The van der Waals surface area contributed by atoms with Crippen LogP contribution in [0.5, 0.6) is 0 Å². The van der Waals surface area contributed by atoms with Gasteiger partial charge in [0, 0.05) is 10.9 Å². The van der Waals surface area contributed by atoms with Gasteiger partial charge >= 0.3 is 6.09 Å². The molecule has 0 aliphatic carbocycles. The number of nitrogens with zero attached hydrogens (tertiary/aromatic N) is 2. The highest BCUT2D eigenvalue weighted by Gasteiger charge is 2.49. The molecule has 2 aliphatic heterocycles. The maximum Gasteiger partial charge on any atom is 0.408 e. The van der Waals surface area contributed by atoms with Crippen molar-refractivity contribution < 1.29 is 22.7 Å². The van der Waals surface area contributed by atoms with Crippen molar-refractivity contribution in [1.29, 1.82) is 0 Å². The second kappa shape index (κ2) is 8.22. The molecule has 0 spiro atoms. The predicted molar refractivity (Wildman–Crippen MR) is 119 cm³/mol. The normalized spacial score (nSPS) is 24.0. The van der Waals surface area contributed by atoms with Gasteiger partial charge in [0.05, 0.1) is 17.5 Å². The van der Waals surface area contributed by atoms with E-state index in [2.05, 4.69) is 10.3 Å². The van der Waals surface area contributed by atoms with Gasteiger partial charge in [-0.05, 0) is 51.8 Å². The smallest absolute Gasteiger partial charge is 0.408 e. The maximum absolute atomic E-state index is 12.4. The van der Waals surface area contributed by atoms with Crippen LogP contribution in [0, 0.1) is 13.8 Å². The number of carbonyl (C=O) groups is 2. The van der Waals surface area contributed by atoms with Crippen LogP contribution in [0.2, 0.25) is 0 Å². The first-order valence-electron chi connectivity index (χ1n) is 9.66. The summed E-state index contributed by atoms with van der Waals surface area (Å²) >= 11 is 1.31. The molecule has 1 N–H and O–H groups in total. The number of aryl methyl sites for hydroxylation is 2. The highest BCUT2D eigenvalue weighted by Crippen LogP contribution is 2.42. The zero-order valence-corrected chi connectivity index (χ0v) is 19.4. The van der Waals surface area contributed by atoms with Crippen LogP contribution < -0.4 is 10.2 Å². The number of ether oxygens (including phenoxy) is 1. The minimum Gasteiger partial charge on any atom is -0.444 e. The van der Waals surface area contributed by atoms with E-state index in [-0.39, 0.29) is 29.3 Å². The van der Waals surface area contributed by atoms with Gasteiger partial charge in [0.1, 0.15) is 12.1 Å². The van der Waals surface area contributed by atoms with Gasteiger partial charge in [-0.15, -0.1) is 0 Å². The van der Waals surface area contributed by atoms with Crippen LogP contribution in [0.4, 0.5) is 10.5 Å². The van der Waals surface area contributed by atoms with Crippen LogP contribution in [-0.4, -0.2) is 60.5 Å². The van der Waals surface area contributed by atoms with E-state index >= 15 is 0 Å².